The molecule has 1 N–H and O–H groups in total. The van der Waals surface area contributed by atoms with Gasteiger partial charge in [-0.2, -0.15) is 0 Å². The van der Waals surface area contributed by atoms with Crippen LogP contribution in [0.2, 0.25) is 0 Å². The highest BCUT2D eigenvalue weighted by atomic mass is 16.2. The Labute approximate surface area is 191 Å². The Morgan fingerprint density at radius 3 is 2.31 bits per heavy atom. The van der Waals surface area contributed by atoms with Gasteiger partial charge >= 0.3 is 0 Å². The number of aryl methyl sites for hydroxylation is 2. The molecule has 0 heterocycles. The third-order valence-electron chi connectivity index (χ3n) is 5.81. The third-order valence-corrected chi connectivity index (χ3v) is 5.81. The average Bonchev–Trinajstić information content (AvgIpc) is 2.80. The smallest absolute Gasteiger partial charge is 0.242 e. The van der Waals surface area contributed by atoms with E-state index >= 15 is 0 Å². The fourth-order valence-corrected chi connectivity index (χ4v) is 3.82. The molecule has 0 saturated heterocycles. The van der Waals surface area contributed by atoms with Crippen LogP contribution in [0.15, 0.2) is 66.7 Å². The molecule has 2 amide bonds. The van der Waals surface area contributed by atoms with E-state index in [1.807, 2.05) is 56.3 Å². The molecule has 3 aromatic rings. The van der Waals surface area contributed by atoms with Gasteiger partial charge in [-0.1, -0.05) is 86.1 Å². The minimum atomic E-state index is -0.532. The van der Waals surface area contributed by atoms with Crippen molar-refractivity contribution in [3.63, 3.8) is 0 Å². The molecule has 4 nitrogen and oxygen atoms in total. The van der Waals surface area contributed by atoms with Crippen LogP contribution >= 0.6 is 0 Å². The molecule has 0 fully saturated rings. The van der Waals surface area contributed by atoms with Gasteiger partial charge in [0.1, 0.15) is 6.04 Å². The molecule has 1 atom stereocenters. The van der Waals surface area contributed by atoms with Crippen molar-refractivity contribution in [3.05, 3.63) is 83.4 Å². The molecule has 0 aliphatic rings. The van der Waals surface area contributed by atoms with Crippen molar-refractivity contribution in [3.8, 4) is 0 Å². The van der Waals surface area contributed by atoms with E-state index in [9.17, 15) is 9.59 Å². The number of nitrogens with zero attached hydrogens (tertiary/aromatic N) is 1. The molecule has 0 spiro atoms. The van der Waals surface area contributed by atoms with Gasteiger partial charge in [-0.3, -0.25) is 9.59 Å². The molecule has 3 rings (SSSR count). The van der Waals surface area contributed by atoms with E-state index in [0.29, 0.717) is 31.8 Å². The molecular weight excluding hydrogens is 396 g/mol. The maximum Gasteiger partial charge on any atom is 0.242 e. The van der Waals surface area contributed by atoms with Crippen molar-refractivity contribution in [2.24, 2.45) is 5.92 Å². The van der Waals surface area contributed by atoms with E-state index < -0.39 is 6.04 Å². The number of fused-ring (bicyclic) bond motifs is 1. The minimum Gasteiger partial charge on any atom is -0.354 e. The molecule has 0 aromatic heterocycles. The van der Waals surface area contributed by atoms with Crippen LogP contribution in [0.1, 0.15) is 43.9 Å². The quantitative estimate of drug-likeness (QED) is 0.503. The largest absolute Gasteiger partial charge is 0.354 e. The summed E-state index contributed by atoms with van der Waals surface area (Å²) in [7, 11) is 0. The van der Waals surface area contributed by atoms with E-state index in [2.05, 4.69) is 43.4 Å². The number of rotatable bonds is 9. The first kappa shape index (κ1) is 23.5. The second-order valence-corrected chi connectivity index (χ2v) is 8.96. The Balaban J connectivity index is 1.76. The Kier molecular flexibility index (Phi) is 8.04. The lowest BCUT2D eigenvalue weighted by atomic mass is 10.0. The summed E-state index contributed by atoms with van der Waals surface area (Å²) in [5, 5.41) is 5.33. The molecule has 0 radical (unpaired) electrons. The summed E-state index contributed by atoms with van der Waals surface area (Å²) >= 11 is 0. The second-order valence-electron chi connectivity index (χ2n) is 8.96. The molecule has 3 aromatic carbocycles. The van der Waals surface area contributed by atoms with Gasteiger partial charge in [0, 0.05) is 19.5 Å². The van der Waals surface area contributed by atoms with Gasteiger partial charge in [0.15, 0.2) is 0 Å². The number of carbonyl (C=O) groups excluding carboxylic acids is 2. The van der Waals surface area contributed by atoms with Crippen molar-refractivity contribution < 1.29 is 9.59 Å². The third kappa shape index (κ3) is 6.19. The van der Waals surface area contributed by atoms with E-state index in [-0.39, 0.29) is 11.8 Å². The molecule has 0 aliphatic heterocycles. The van der Waals surface area contributed by atoms with Gasteiger partial charge in [0.05, 0.1) is 0 Å². The summed E-state index contributed by atoms with van der Waals surface area (Å²) in [4.78, 5) is 27.8. The number of carbonyl (C=O) groups is 2. The molecule has 4 heteroatoms. The number of nitrogens with one attached hydrogen (secondary N) is 1. The van der Waals surface area contributed by atoms with Crippen molar-refractivity contribution in [2.75, 3.05) is 6.54 Å². The lowest BCUT2D eigenvalue weighted by molar-refractivity contribution is -0.140. The highest BCUT2D eigenvalue weighted by Crippen LogP contribution is 2.21. The predicted molar refractivity (Wildman–Crippen MR) is 131 cm³/mol. The average molecular weight is 431 g/mol. The van der Waals surface area contributed by atoms with Gasteiger partial charge in [0.25, 0.3) is 0 Å². The summed E-state index contributed by atoms with van der Waals surface area (Å²) in [6, 6.07) is 22.0. The highest BCUT2D eigenvalue weighted by molar-refractivity contribution is 5.88. The van der Waals surface area contributed by atoms with Crippen LogP contribution < -0.4 is 5.32 Å². The summed E-state index contributed by atoms with van der Waals surface area (Å²) in [6.45, 7) is 9.00. The van der Waals surface area contributed by atoms with Crippen LogP contribution in [0, 0.1) is 12.8 Å². The number of hydrogen-bond donors (Lipinski definition) is 1. The van der Waals surface area contributed by atoms with Crippen LogP contribution in [0.3, 0.4) is 0 Å². The van der Waals surface area contributed by atoms with Crippen LogP contribution in [0.5, 0.6) is 0 Å². The molecule has 0 aliphatic carbocycles. The lowest BCUT2D eigenvalue weighted by Gasteiger charge is -2.29. The summed E-state index contributed by atoms with van der Waals surface area (Å²) in [6.07, 6.45) is 1.01. The molecule has 0 saturated carbocycles. The predicted octanol–water partition coefficient (Wildman–Crippen LogP) is 5.27. The van der Waals surface area contributed by atoms with Crippen LogP contribution in [0.25, 0.3) is 10.8 Å². The van der Waals surface area contributed by atoms with E-state index in [1.165, 1.54) is 16.3 Å². The van der Waals surface area contributed by atoms with Gasteiger partial charge < -0.3 is 10.2 Å². The van der Waals surface area contributed by atoms with Crippen molar-refractivity contribution in [1.82, 2.24) is 10.2 Å². The topological polar surface area (TPSA) is 49.4 Å². The Hall–Kier alpha value is -3.14. The van der Waals surface area contributed by atoms with Gasteiger partial charge in [0.2, 0.25) is 11.8 Å². The van der Waals surface area contributed by atoms with E-state index in [0.717, 1.165) is 11.1 Å². The Bertz CT molecular complexity index is 1050. The SMILES string of the molecule is Cc1ccc(CN(C(=O)CCc2cccc3ccccc23)[C@@H](C)C(=O)NCC(C)C)cc1. The van der Waals surface area contributed by atoms with Crippen molar-refractivity contribution in [1.29, 1.82) is 0 Å². The molecule has 0 unspecified atom stereocenters. The molecule has 168 valence electrons. The van der Waals surface area contributed by atoms with Crippen LogP contribution in [-0.4, -0.2) is 29.3 Å². The van der Waals surface area contributed by atoms with Crippen molar-refractivity contribution in [2.45, 2.75) is 53.1 Å². The van der Waals surface area contributed by atoms with E-state index in [1.54, 1.807) is 4.90 Å². The Morgan fingerprint density at radius 2 is 1.59 bits per heavy atom. The summed E-state index contributed by atoms with van der Waals surface area (Å²) < 4.78 is 0. The fraction of sp³-hybridized carbons (Fsp3) is 0.357. The zero-order valence-electron chi connectivity index (χ0n) is 19.6. The van der Waals surface area contributed by atoms with Gasteiger partial charge in [-0.15, -0.1) is 0 Å². The lowest BCUT2D eigenvalue weighted by Crippen LogP contribution is -2.48. The first-order valence-electron chi connectivity index (χ1n) is 11.4. The summed E-state index contributed by atoms with van der Waals surface area (Å²) in [5.74, 6) is 0.244. The normalized spacial score (nSPS) is 12.0. The van der Waals surface area contributed by atoms with Crippen LogP contribution in [-0.2, 0) is 22.6 Å². The number of benzene rings is 3. The molecular formula is C28H34N2O2. The zero-order chi connectivity index (χ0) is 23.1. The Morgan fingerprint density at radius 1 is 0.906 bits per heavy atom. The first-order valence-corrected chi connectivity index (χ1v) is 11.4. The van der Waals surface area contributed by atoms with E-state index in [4.69, 9.17) is 0 Å². The maximum atomic E-state index is 13.4. The van der Waals surface area contributed by atoms with Crippen molar-refractivity contribution >= 4 is 22.6 Å². The van der Waals surface area contributed by atoms with Gasteiger partial charge in [-0.25, -0.2) is 0 Å². The second kappa shape index (κ2) is 10.9. The number of amides is 2. The number of hydrogen-bond acceptors (Lipinski definition) is 2. The molecule has 32 heavy (non-hydrogen) atoms. The summed E-state index contributed by atoms with van der Waals surface area (Å²) in [5.41, 5.74) is 3.35. The van der Waals surface area contributed by atoms with Gasteiger partial charge in [-0.05, 0) is 48.1 Å². The minimum absolute atomic E-state index is 0.00861. The first-order chi connectivity index (χ1) is 15.3. The standard InChI is InChI=1S/C28H34N2O2/c1-20(2)18-29-28(32)22(4)30(19-23-14-12-21(3)13-15-23)27(31)17-16-25-10-7-9-24-8-5-6-11-26(24)25/h5-15,20,22H,16-19H2,1-4H3,(H,29,32)/t22-/m0/s1. The highest BCUT2D eigenvalue weighted by Gasteiger charge is 2.26. The maximum absolute atomic E-state index is 13.4. The van der Waals surface area contributed by atoms with Crippen LogP contribution in [0.4, 0.5) is 0 Å². The molecule has 0 bridgehead atoms. The zero-order valence-corrected chi connectivity index (χ0v) is 19.6. The monoisotopic (exact) mass is 430 g/mol. The fourth-order valence-electron chi connectivity index (χ4n) is 3.82.